The largest absolute Gasteiger partial charge is 0.420 e. The molecule has 2 N–H and O–H groups in total. The van der Waals surface area contributed by atoms with Crippen LogP contribution >= 0.6 is 0 Å². The van der Waals surface area contributed by atoms with Crippen LogP contribution in [0.3, 0.4) is 0 Å². The van der Waals surface area contributed by atoms with Crippen LogP contribution in [0.5, 0.6) is 0 Å². The SMILES string of the molecule is NCCn1c(=O)oc2c3ccccc3ccc21. The Hall–Kier alpha value is -2.07. The number of hydrogen-bond acceptors (Lipinski definition) is 3. The quantitative estimate of drug-likeness (QED) is 0.726. The zero-order valence-electron chi connectivity index (χ0n) is 9.22. The third-order valence-corrected chi connectivity index (χ3v) is 2.91. The highest BCUT2D eigenvalue weighted by atomic mass is 16.4. The van der Waals surface area contributed by atoms with E-state index >= 15 is 0 Å². The Morgan fingerprint density at radius 2 is 2.00 bits per heavy atom. The Bertz CT molecular complexity index is 740. The number of benzene rings is 2. The Morgan fingerprint density at radius 1 is 1.18 bits per heavy atom. The van der Waals surface area contributed by atoms with Crippen LogP contribution in [0.1, 0.15) is 0 Å². The van der Waals surface area contributed by atoms with E-state index in [0.717, 1.165) is 16.3 Å². The van der Waals surface area contributed by atoms with Gasteiger partial charge in [-0.05, 0) is 11.5 Å². The van der Waals surface area contributed by atoms with Crippen LogP contribution in [0.15, 0.2) is 45.6 Å². The second kappa shape index (κ2) is 3.75. The molecular formula is C13H12N2O2. The summed E-state index contributed by atoms with van der Waals surface area (Å²) < 4.78 is 6.89. The van der Waals surface area contributed by atoms with Crippen molar-refractivity contribution in [1.29, 1.82) is 0 Å². The number of nitrogens with zero attached hydrogens (tertiary/aromatic N) is 1. The van der Waals surface area contributed by atoms with Crippen molar-refractivity contribution in [3.8, 4) is 0 Å². The van der Waals surface area contributed by atoms with Crippen molar-refractivity contribution in [3.05, 3.63) is 46.9 Å². The van der Waals surface area contributed by atoms with E-state index in [4.69, 9.17) is 10.2 Å². The predicted octanol–water partition coefficient (Wildman–Crippen LogP) is 1.71. The summed E-state index contributed by atoms with van der Waals surface area (Å²) in [6.07, 6.45) is 0. The van der Waals surface area contributed by atoms with Gasteiger partial charge in [-0.1, -0.05) is 30.3 Å². The highest BCUT2D eigenvalue weighted by Gasteiger charge is 2.10. The smallest absolute Gasteiger partial charge is 0.407 e. The molecule has 1 heterocycles. The summed E-state index contributed by atoms with van der Waals surface area (Å²) in [5.74, 6) is -0.346. The summed E-state index contributed by atoms with van der Waals surface area (Å²) in [6, 6.07) is 11.7. The lowest BCUT2D eigenvalue weighted by Crippen LogP contribution is -2.19. The van der Waals surface area contributed by atoms with Gasteiger partial charge in [-0.25, -0.2) is 4.79 Å². The van der Waals surface area contributed by atoms with Crippen molar-refractivity contribution >= 4 is 21.9 Å². The van der Waals surface area contributed by atoms with Crippen molar-refractivity contribution in [3.63, 3.8) is 0 Å². The standard InChI is InChI=1S/C13H12N2O2/c14-7-8-15-11-6-5-9-3-1-2-4-10(9)12(11)17-13(15)16/h1-6H,7-8,14H2. The third-order valence-electron chi connectivity index (χ3n) is 2.91. The molecule has 4 heteroatoms. The van der Waals surface area contributed by atoms with Crippen LogP contribution in [0, 0.1) is 0 Å². The molecule has 0 saturated heterocycles. The van der Waals surface area contributed by atoms with Crippen LogP contribution in [0.4, 0.5) is 0 Å². The maximum Gasteiger partial charge on any atom is 0.420 e. The molecule has 0 radical (unpaired) electrons. The molecule has 0 aliphatic heterocycles. The highest BCUT2D eigenvalue weighted by Crippen LogP contribution is 2.24. The molecule has 1 aromatic heterocycles. The summed E-state index contributed by atoms with van der Waals surface area (Å²) >= 11 is 0. The number of hydrogen-bond donors (Lipinski definition) is 1. The van der Waals surface area contributed by atoms with Gasteiger partial charge in [-0.2, -0.15) is 0 Å². The van der Waals surface area contributed by atoms with Crippen molar-refractivity contribution in [1.82, 2.24) is 4.57 Å². The van der Waals surface area contributed by atoms with Gasteiger partial charge in [0.25, 0.3) is 0 Å². The molecule has 0 bridgehead atoms. The summed E-state index contributed by atoms with van der Waals surface area (Å²) in [4.78, 5) is 11.7. The first-order chi connectivity index (χ1) is 8.31. The zero-order chi connectivity index (χ0) is 11.8. The van der Waals surface area contributed by atoms with Crippen LogP contribution < -0.4 is 11.5 Å². The summed E-state index contributed by atoms with van der Waals surface area (Å²) in [6.45, 7) is 0.894. The number of nitrogens with two attached hydrogens (primary N) is 1. The maximum absolute atomic E-state index is 11.7. The number of rotatable bonds is 2. The van der Waals surface area contributed by atoms with Gasteiger partial charge in [0, 0.05) is 18.5 Å². The average molecular weight is 228 g/mol. The van der Waals surface area contributed by atoms with E-state index in [2.05, 4.69) is 0 Å². The number of aromatic nitrogens is 1. The van der Waals surface area contributed by atoms with Crippen LogP contribution in [0.25, 0.3) is 21.9 Å². The van der Waals surface area contributed by atoms with Gasteiger partial charge < -0.3 is 10.2 Å². The lowest BCUT2D eigenvalue weighted by molar-refractivity contribution is 0.509. The average Bonchev–Trinajstić information content (AvgIpc) is 2.67. The van der Waals surface area contributed by atoms with Gasteiger partial charge in [0.2, 0.25) is 0 Å². The molecule has 0 amide bonds. The Morgan fingerprint density at radius 3 is 2.82 bits per heavy atom. The van der Waals surface area contributed by atoms with Crippen LogP contribution in [0.2, 0.25) is 0 Å². The second-order valence-corrected chi connectivity index (χ2v) is 3.94. The lowest BCUT2D eigenvalue weighted by atomic mass is 10.1. The van der Waals surface area contributed by atoms with Gasteiger partial charge >= 0.3 is 5.76 Å². The van der Waals surface area contributed by atoms with Gasteiger partial charge in [0.1, 0.15) is 0 Å². The fourth-order valence-electron chi connectivity index (χ4n) is 2.13. The first-order valence-electron chi connectivity index (χ1n) is 5.52. The van der Waals surface area contributed by atoms with Crippen molar-refractivity contribution < 1.29 is 4.42 Å². The molecule has 0 spiro atoms. The maximum atomic E-state index is 11.7. The fourth-order valence-corrected chi connectivity index (χ4v) is 2.13. The van der Waals surface area contributed by atoms with E-state index in [9.17, 15) is 4.79 Å². The fraction of sp³-hybridized carbons (Fsp3) is 0.154. The molecule has 0 unspecified atom stereocenters. The summed E-state index contributed by atoms with van der Waals surface area (Å²) in [5.41, 5.74) is 6.94. The third kappa shape index (κ3) is 1.45. The van der Waals surface area contributed by atoms with Gasteiger partial charge in [-0.15, -0.1) is 0 Å². The molecule has 0 aliphatic carbocycles. The Kier molecular flexibility index (Phi) is 2.23. The summed E-state index contributed by atoms with van der Waals surface area (Å²) in [7, 11) is 0. The van der Waals surface area contributed by atoms with E-state index in [1.165, 1.54) is 0 Å². The highest BCUT2D eigenvalue weighted by molar-refractivity contribution is 6.02. The Labute approximate surface area is 97.2 Å². The van der Waals surface area contributed by atoms with Crippen molar-refractivity contribution in [2.45, 2.75) is 6.54 Å². The second-order valence-electron chi connectivity index (χ2n) is 3.94. The van der Waals surface area contributed by atoms with E-state index < -0.39 is 0 Å². The van der Waals surface area contributed by atoms with Crippen LogP contribution in [-0.2, 0) is 6.54 Å². The Balaban J connectivity index is 2.45. The first kappa shape index (κ1) is 10.1. The van der Waals surface area contributed by atoms with Crippen molar-refractivity contribution in [2.24, 2.45) is 5.73 Å². The molecule has 0 aliphatic rings. The summed E-state index contributed by atoms with van der Waals surface area (Å²) in [5, 5.41) is 2.02. The molecule has 3 rings (SSSR count). The molecule has 86 valence electrons. The minimum Gasteiger partial charge on any atom is -0.407 e. The van der Waals surface area contributed by atoms with Crippen molar-refractivity contribution in [2.75, 3.05) is 6.54 Å². The van der Waals surface area contributed by atoms with E-state index in [0.29, 0.717) is 18.7 Å². The van der Waals surface area contributed by atoms with E-state index in [-0.39, 0.29) is 5.76 Å². The minimum absolute atomic E-state index is 0.346. The van der Waals surface area contributed by atoms with Crippen LogP contribution in [-0.4, -0.2) is 11.1 Å². The molecule has 2 aromatic carbocycles. The van der Waals surface area contributed by atoms with Gasteiger partial charge in [-0.3, -0.25) is 4.57 Å². The predicted molar refractivity (Wildman–Crippen MR) is 67.0 cm³/mol. The normalized spacial score (nSPS) is 11.4. The molecule has 17 heavy (non-hydrogen) atoms. The zero-order valence-corrected chi connectivity index (χ0v) is 9.22. The molecule has 3 aromatic rings. The molecule has 0 fully saturated rings. The van der Waals surface area contributed by atoms with E-state index in [1.807, 2.05) is 36.4 Å². The lowest BCUT2D eigenvalue weighted by Gasteiger charge is -2.00. The molecule has 0 saturated carbocycles. The topological polar surface area (TPSA) is 61.2 Å². The number of oxazole rings is 1. The molecule has 0 atom stereocenters. The van der Waals surface area contributed by atoms with Gasteiger partial charge in [0.15, 0.2) is 5.58 Å². The molecule has 4 nitrogen and oxygen atoms in total. The van der Waals surface area contributed by atoms with E-state index in [1.54, 1.807) is 4.57 Å². The van der Waals surface area contributed by atoms with Gasteiger partial charge in [0.05, 0.1) is 5.52 Å². The monoisotopic (exact) mass is 228 g/mol. The molecular weight excluding hydrogens is 216 g/mol. The number of fused-ring (bicyclic) bond motifs is 3. The first-order valence-corrected chi connectivity index (χ1v) is 5.52. The minimum atomic E-state index is -0.346.